The predicted octanol–water partition coefficient (Wildman–Crippen LogP) is 0.848. The Hall–Kier alpha value is -3.15. The van der Waals surface area contributed by atoms with Crippen LogP contribution in [0.4, 0.5) is 10.1 Å². The molecule has 0 fully saturated rings. The Morgan fingerprint density at radius 1 is 1.52 bits per heavy atom. The fourth-order valence-corrected chi connectivity index (χ4v) is 1.38. The highest BCUT2D eigenvalue weighted by Crippen LogP contribution is 2.29. The number of anilines is 1. The zero-order valence-corrected chi connectivity index (χ0v) is 11.2. The van der Waals surface area contributed by atoms with Gasteiger partial charge in [0.05, 0.1) is 19.8 Å². The Kier molecular flexibility index (Phi) is 5.19. The summed E-state index contributed by atoms with van der Waals surface area (Å²) in [6.07, 6.45) is 0. The number of rotatable bonds is 5. The number of esters is 1. The van der Waals surface area contributed by atoms with Crippen LogP contribution in [0.25, 0.3) is 0 Å². The van der Waals surface area contributed by atoms with Gasteiger partial charge in [0, 0.05) is 0 Å². The van der Waals surface area contributed by atoms with Gasteiger partial charge in [-0.05, 0) is 12.1 Å². The molecule has 0 spiro atoms. The molecular formula is C12H12FN5O3. The van der Waals surface area contributed by atoms with Gasteiger partial charge in [-0.25, -0.2) is 9.18 Å². The summed E-state index contributed by atoms with van der Waals surface area (Å²) in [4.78, 5) is 11.4. The molecule has 1 aromatic rings. The van der Waals surface area contributed by atoms with Crippen LogP contribution in [0.15, 0.2) is 17.2 Å². The van der Waals surface area contributed by atoms with Gasteiger partial charge >= 0.3 is 5.97 Å². The second kappa shape index (κ2) is 6.85. The Morgan fingerprint density at radius 2 is 2.19 bits per heavy atom. The molecule has 9 heteroatoms. The van der Waals surface area contributed by atoms with Crippen molar-refractivity contribution in [2.24, 2.45) is 10.8 Å². The van der Waals surface area contributed by atoms with E-state index in [9.17, 15) is 9.18 Å². The van der Waals surface area contributed by atoms with Crippen LogP contribution < -0.4 is 15.9 Å². The lowest BCUT2D eigenvalue weighted by Crippen LogP contribution is -2.22. The van der Waals surface area contributed by atoms with E-state index in [1.54, 1.807) is 6.07 Å². The molecule has 1 rings (SSSR count). The van der Waals surface area contributed by atoms with E-state index in [0.29, 0.717) is 0 Å². The number of nitrogens with one attached hydrogen (secondary N) is 2. The first-order valence-electron chi connectivity index (χ1n) is 5.48. The van der Waals surface area contributed by atoms with Gasteiger partial charge in [0.25, 0.3) is 0 Å². The van der Waals surface area contributed by atoms with Crippen LogP contribution in [0.5, 0.6) is 5.75 Å². The summed E-state index contributed by atoms with van der Waals surface area (Å²) in [6, 6.07) is 3.75. The zero-order valence-electron chi connectivity index (χ0n) is 11.2. The van der Waals surface area contributed by atoms with Crippen LogP contribution in [-0.4, -0.2) is 31.7 Å². The number of carbonyl (C=O) groups is 1. The second-order valence-corrected chi connectivity index (χ2v) is 3.63. The summed E-state index contributed by atoms with van der Waals surface area (Å²) in [5.74, 6) is -2.35. The molecule has 110 valence electrons. The zero-order chi connectivity index (χ0) is 16.0. The van der Waals surface area contributed by atoms with E-state index in [1.165, 1.54) is 13.2 Å². The molecule has 0 saturated heterocycles. The molecule has 0 bridgehead atoms. The van der Waals surface area contributed by atoms with Crippen molar-refractivity contribution in [3.8, 4) is 11.8 Å². The van der Waals surface area contributed by atoms with Crippen LogP contribution in [0, 0.1) is 22.6 Å². The lowest BCUT2D eigenvalue weighted by Gasteiger charge is -2.10. The van der Waals surface area contributed by atoms with Crippen molar-refractivity contribution < 1.29 is 18.7 Å². The average molecular weight is 293 g/mol. The van der Waals surface area contributed by atoms with E-state index in [0.717, 1.165) is 13.2 Å². The van der Waals surface area contributed by atoms with Crippen molar-refractivity contribution in [3.05, 3.63) is 23.5 Å². The average Bonchev–Trinajstić information content (AvgIpc) is 2.46. The SMILES string of the molecule is COC(=O)c1cc(F)c(OC)c(N/N=C(\C#N)C(=N)N)c1. The van der Waals surface area contributed by atoms with Gasteiger partial charge in [0.2, 0.25) is 5.71 Å². The van der Waals surface area contributed by atoms with Crippen LogP contribution in [0.2, 0.25) is 0 Å². The quantitative estimate of drug-likeness (QED) is 0.319. The number of hydrogen-bond acceptors (Lipinski definition) is 7. The van der Waals surface area contributed by atoms with E-state index in [1.807, 2.05) is 0 Å². The summed E-state index contributed by atoms with van der Waals surface area (Å²) in [7, 11) is 2.38. The van der Waals surface area contributed by atoms with Gasteiger partial charge in [-0.2, -0.15) is 10.4 Å². The smallest absolute Gasteiger partial charge is 0.338 e. The standard InChI is InChI=1S/C12H12FN5O3/c1-20-10-7(13)3-6(12(19)21-2)4-8(10)17-18-9(5-14)11(15)16/h3-4,17H,1-2H3,(H3,15,16)/b18-9+. The van der Waals surface area contributed by atoms with E-state index >= 15 is 0 Å². The molecule has 4 N–H and O–H groups in total. The third-order valence-electron chi connectivity index (χ3n) is 2.32. The Labute approximate surface area is 119 Å². The van der Waals surface area contributed by atoms with Crippen molar-refractivity contribution >= 4 is 23.2 Å². The Morgan fingerprint density at radius 3 is 2.67 bits per heavy atom. The van der Waals surface area contributed by atoms with Gasteiger partial charge in [0.15, 0.2) is 17.4 Å². The molecule has 0 aliphatic heterocycles. The van der Waals surface area contributed by atoms with Gasteiger partial charge in [0.1, 0.15) is 11.8 Å². The number of carbonyl (C=O) groups excluding carboxylic acids is 1. The van der Waals surface area contributed by atoms with E-state index in [-0.39, 0.29) is 17.0 Å². The number of halogens is 1. The molecule has 0 aliphatic carbocycles. The van der Waals surface area contributed by atoms with Crippen LogP contribution in [0.1, 0.15) is 10.4 Å². The molecule has 0 saturated carbocycles. The third kappa shape index (κ3) is 3.66. The molecular weight excluding hydrogens is 281 g/mol. The topological polar surface area (TPSA) is 134 Å². The van der Waals surface area contributed by atoms with Crippen LogP contribution >= 0.6 is 0 Å². The minimum absolute atomic E-state index is 0.0214. The largest absolute Gasteiger partial charge is 0.492 e. The minimum atomic E-state index is -0.820. The Bertz CT molecular complexity index is 651. The van der Waals surface area contributed by atoms with Crippen LogP contribution in [0.3, 0.4) is 0 Å². The maximum absolute atomic E-state index is 13.8. The van der Waals surface area contributed by atoms with E-state index in [4.69, 9.17) is 21.1 Å². The maximum Gasteiger partial charge on any atom is 0.338 e. The molecule has 1 aromatic carbocycles. The number of hydrazone groups is 1. The maximum atomic E-state index is 13.8. The summed E-state index contributed by atoms with van der Waals surface area (Å²) in [6.45, 7) is 0. The molecule has 0 atom stereocenters. The molecule has 0 heterocycles. The summed E-state index contributed by atoms with van der Waals surface area (Å²) in [5, 5.41) is 19.4. The normalized spacial score (nSPS) is 10.5. The van der Waals surface area contributed by atoms with Gasteiger partial charge in [-0.15, -0.1) is 0 Å². The fraction of sp³-hybridized carbons (Fsp3) is 0.167. The van der Waals surface area contributed by atoms with Crippen molar-refractivity contribution in [2.75, 3.05) is 19.6 Å². The molecule has 0 radical (unpaired) electrons. The first kappa shape index (κ1) is 15.9. The summed E-state index contributed by atoms with van der Waals surface area (Å²) >= 11 is 0. The summed E-state index contributed by atoms with van der Waals surface area (Å²) in [5.41, 5.74) is 6.95. The van der Waals surface area contributed by atoms with E-state index in [2.05, 4.69) is 15.3 Å². The predicted molar refractivity (Wildman–Crippen MR) is 72.9 cm³/mol. The highest BCUT2D eigenvalue weighted by Gasteiger charge is 2.16. The van der Waals surface area contributed by atoms with Crippen molar-refractivity contribution in [1.82, 2.24) is 0 Å². The molecule has 0 unspecified atom stereocenters. The number of amidine groups is 1. The number of ether oxygens (including phenoxy) is 2. The number of methoxy groups -OCH3 is 2. The van der Waals surface area contributed by atoms with Crippen molar-refractivity contribution in [3.63, 3.8) is 0 Å². The number of benzene rings is 1. The second-order valence-electron chi connectivity index (χ2n) is 3.63. The lowest BCUT2D eigenvalue weighted by atomic mass is 10.2. The molecule has 0 aliphatic rings. The minimum Gasteiger partial charge on any atom is -0.492 e. The number of nitriles is 1. The first-order chi connectivity index (χ1) is 9.94. The number of hydrogen-bond donors (Lipinski definition) is 3. The first-order valence-corrected chi connectivity index (χ1v) is 5.48. The van der Waals surface area contributed by atoms with Crippen molar-refractivity contribution in [1.29, 1.82) is 10.7 Å². The summed E-state index contributed by atoms with van der Waals surface area (Å²) < 4.78 is 23.2. The number of nitrogens with two attached hydrogens (primary N) is 1. The number of nitrogens with zero attached hydrogens (tertiary/aromatic N) is 2. The van der Waals surface area contributed by atoms with Crippen molar-refractivity contribution in [2.45, 2.75) is 0 Å². The van der Waals surface area contributed by atoms with Gasteiger partial charge in [-0.3, -0.25) is 10.8 Å². The monoisotopic (exact) mass is 293 g/mol. The molecule has 21 heavy (non-hydrogen) atoms. The Balaban J connectivity index is 3.27. The third-order valence-corrected chi connectivity index (χ3v) is 2.32. The van der Waals surface area contributed by atoms with Gasteiger partial charge in [-0.1, -0.05) is 0 Å². The fourth-order valence-electron chi connectivity index (χ4n) is 1.38. The molecule has 8 nitrogen and oxygen atoms in total. The molecule has 0 aromatic heterocycles. The molecule has 0 amide bonds. The lowest BCUT2D eigenvalue weighted by molar-refractivity contribution is 0.0600. The van der Waals surface area contributed by atoms with E-state index < -0.39 is 23.3 Å². The highest BCUT2D eigenvalue weighted by atomic mass is 19.1. The van der Waals surface area contributed by atoms with Gasteiger partial charge < -0.3 is 15.2 Å². The highest BCUT2D eigenvalue weighted by molar-refractivity contribution is 6.45. The van der Waals surface area contributed by atoms with Crippen LogP contribution in [-0.2, 0) is 4.74 Å².